The van der Waals surface area contributed by atoms with Crippen LogP contribution in [0, 0.1) is 0 Å². The van der Waals surface area contributed by atoms with Crippen LogP contribution in [0.25, 0.3) is 0 Å². The van der Waals surface area contributed by atoms with E-state index >= 15 is 0 Å². The molecule has 2 aliphatic rings. The molecule has 0 saturated carbocycles. The lowest BCUT2D eigenvalue weighted by Gasteiger charge is -2.37. The predicted molar refractivity (Wildman–Crippen MR) is 96.2 cm³/mol. The summed E-state index contributed by atoms with van der Waals surface area (Å²) in [4.78, 5) is 17.2. The van der Waals surface area contributed by atoms with Crippen LogP contribution in [0.1, 0.15) is 31.7 Å². The third-order valence-corrected chi connectivity index (χ3v) is 5.19. The fourth-order valence-electron chi connectivity index (χ4n) is 3.74. The van der Waals surface area contributed by atoms with Gasteiger partial charge in [0, 0.05) is 32.4 Å². The second-order valence-electron chi connectivity index (χ2n) is 7.11. The molecule has 0 aliphatic carbocycles. The van der Waals surface area contributed by atoms with E-state index in [1.807, 2.05) is 18.9 Å². The maximum atomic E-state index is 12.9. The van der Waals surface area contributed by atoms with E-state index in [0.717, 1.165) is 52.1 Å². The van der Waals surface area contributed by atoms with Crippen molar-refractivity contribution in [3.8, 4) is 0 Å². The molecule has 1 unspecified atom stereocenters. The highest BCUT2D eigenvalue weighted by Gasteiger charge is 2.36. The number of para-hydroxylation sites is 1. The number of hydrogen-bond acceptors (Lipinski definition) is 4. The summed E-state index contributed by atoms with van der Waals surface area (Å²) >= 11 is 0. The van der Waals surface area contributed by atoms with Crippen molar-refractivity contribution in [3.05, 3.63) is 29.8 Å². The molecule has 1 atom stereocenters. The Morgan fingerprint density at radius 1 is 1.29 bits per heavy atom. The molecule has 1 aromatic carbocycles. The van der Waals surface area contributed by atoms with Gasteiger partial charge in [-0.3, -0.25) is 4.79 Å². The van der Waals surface area contributed by atoms with Gasteiger partial charge >= 0.3 is 0 Å². The Kier molecular flexibility index (Phi) is 5.41. The van der Waals surface area contributed by atoms with E-state index < -0.39 is 5.54 Å². The second kappa shape index (κ2) is 7.53. The summed E-state index contributed by atoms with van der Waals surface area (Å²) in [5.74, 6) is 0.194. The first-order valence-corrected chi connectivity index (χ1v) is 9.01. The summed E-state index contributed by atoms with van der Waals surface area (Å²) in [5, 5.41) is 3.42. The van der Waals surface area contributed by atoms with Crippen molar-refractivity contribution < 1.29 is 9.53 Å². The Labute approximate surface area is 145 Å². The van der Waals surface area contributed by atoms with E-state index in [0.29, 0.717) is 6.54 Å². The molecule has 0 spiro atoms. The fraction of sp³-hybridized carbons (Fsp3) is 0.632. The topological polar surface area (TPSA) is 44.8 Å². The van der Waals surface area contributed by atoms with Crippen LogP contribution in [0.5, 0.6) is 0 Å². The molecular formula is C19H29N3O2. The van der Waals surface area contributed by atoms with Gasteiger partial charge in [0.25, 0.3) is 0 Å². The molecule has 0 bridgehead atoms. The van der Waals surface area contributed by atoms with Crippen LogP contribution < -0.4 is 10.2 Å². The standard InChI is InChI=1S/C19H29N3O2/c1-19(9-5-6-10-20-19)18(23)21(2)15-16-7-3-4-8-17(16)22-11-13-24-14-12-22/h3-4,7-8,20H,5-6,9-15H2,1-2H3. The number of amides is 1. The number of carbonyl (C=O) groups excluding carboxylic acids is 1. The van der Waals surface area contributed by atoms with E-state index in [2.05, 4.69) is 34.5 Å². The first-order chi connectivity index (χ1) is 11.6. The number of likely N-dealkylation sites (N-methyl/N-ethyl adjacent to an activating group) is 1. The van der Waals surface area contributed by atoms with Gasteiger partial charge in [0.15, 0.2) is 0 Å². The molecule has 24 heavy (non-hydrogen) atoms. The number of rotatable bonds is 4. The SMILES string of the molecule is CN(Cc1ccccc1N1CCOCC1)C(=O)C1(C)CCCCN1. The van der Waals surface area contributed by atoms with Crippen LogP contribution in [0.4, 0.5) is 5.69 Å². The monoisotopic (exact) mass is 331 g/mol. The van der Waals surface area contributed by atoms with Crippen LogP contribution in [-0.4, -0.2) is 56.2 Å². The van der Waals surface area contributed by atoms with Gasteiger partial charge < -0.3 is 19.9 Å². The normalized spacial score (nSPS) is 24.7. The minimum Gasteiger partial charge on any atom is -0.378 e. The van der Waals surface area contributed by atoms with Crippen molar-refractivity contribution in [2.45, 2.75) is 38.3 Å². The smallest absolute Gasteiger partial charge is 0.242 e. The van der Waals surface area contributed by atoms with Gasteiger partial charge in [-0.15, -0.1) is 0 Å². The number of benzene rings is 1. The molecule has 5 nitrogen and oxygen atoms in total. The molecule has 3 rings (SSSR count). The molecule has 5 heteroatoms. The van der Waals surface area contributed by atoms with Gasteiger partial charge in [-0.1, -0.05) is 18.2 Å². The zero-order chi connectivity index (χ0) is 17.0. The van der Waals surface area contributed by atoms with E-state index in [-0.39, 0.29) is 5.91 Å². The highest BCUT2D eigenvalue weighted by atomic mass is 16.5. The van der Waals surface area contributed by atoms with Crippen molar-refractivity contribution in [1.82, 2.24) is 10.2 Å². The van der Waals surface area contributed by atoms with Crippen molar-refractivity contribution in [3.63, 3.8) is 0 Å². The van der Waals surface area contributed by atoms with E-state index in [4.69, 9.17) is 4.74 Å². The molecule has 2 fully saturated rings. The van der Waals surface area contributed by atoms with Gasteiger partial charge in [-0.05, 0) is 44.4 Å². The molecule has 2 saturated heterocycles. The predicted octanol–water partition coefficient (Wildman–Crippen LogP) is 2.01. The first-order valence-electron chi connectivity index (χ1n) is 9.01. The maximum absolute atomic E-state index is 12.9. The lowest BCUT2D eigenvalue weighted by atomic mass is 9.89. The summed E-state index contributed by atoms with van der Waals surface area (Å²) in [6.45, 7) is 6.97. The van der Waals surface area contributed by atoms with Crippen molar-refractivity contribution in [1.29, 1.82) is 0 Å². The number of piperidine rings is 1. The number of hydrogen-bond donors (Lipinski definition) is 1. The summed E-state index contributed by atoms with van der Waals surface area (Å²) in [6, 6.07) is 8.41. The highest BCUT2D eigenvalue weighted by Crippen LogP contribution is 2.25. The summed E-state index contributed by atoms with van der Waals surface area (Å²) in [7, 11) is 1.92. The van der Waals surface area contributed by atoms with Crippen molar-refractivity contribution >= 4 is 11.6 Å². The zero-order valence-corrected chi connectivity index (χ0v) is 14.9. The second-order valence-corrected chi connectivity index (χ2v) is 7.11. The molecular weight excluding hydrogens is 302 g/mol. The number of carbonyl (C=O) groups is 1. The maximum Gasteiger partial charge on any atom is 0.242 e. The summed E-state index contributed by atoms with van der Waals surface area (Å²) in [5.41, 5.74) is 2.01. The number of anilines is 1. The quantitative estimate of drug-likeness (QED) is 0.917. The molecule has 2 heterocycles. The van der Waals surface area contributed by atoms with E-state index in [9.17, 15) is 4.79 Å². The molecule has 0 aromatic heterocycles. The number of ether oxygens (including phenoxy) is 1. The lowest BCUT2D eigenvalue weighted by molar-refractivity contribution is -0.137. The van der Waals surface area contributed by atoms with Crippen LogP contribution in [-0.2, 0) is 16.1 Å². The zero-order valence-electron chi connectivity index (χ0n) is 14.9. The number of morpholine rings is 1. The van der Waals surface area contributed by atoms with Crippen molar-refractivity contribution in [2.75, 3.05) is 44.8 Å². The third kappa shape index (κ3) is 3.73. The van der Waals surface area contributed by atoms with Crippen LogP contribution in [0.3, 0.4) is 0 Å². The fourth-order valence-corrected chi connectivity index (χ4v) is 3.74. The molecule has 1 amide bonds. The first kappa shape index (κ1) is 17.2. The van der Waals surface area contributed by atoms with Crippen molar-refractivity contribution in [2.24, 2.45) is 0 Å². The third-order valence-electron chi connectivity index (χ3n) is 5.19. The summed E-state index contributed by atoms with van der Waals surface area (Å²) < 4.78 is 5.46. The lowest BCUT2D eigenvalue weighted by Crippen LogP contribution is -2.57. The average molecular weight is 331 g/mol. The van der Waals surface area contributed by atoms with E-state index in [1.165, 1.54) is 11.3 Å². The molecule has 1 aromatic rings. The minimum absolute atomic E-state index is 0.194. The van der Waals surface area contributed by atoms with Gasteiger partial charge in [0.1, 0.15) is 0 Å². The Balaban J connectivity index is 1.72. The van der Waals surface area contributed by atoms with E-state index in [1.54, 1.807) is 0 Å². The highest BCUT2D eigenvalue weighted by molar-refractivity contribution is 5.86. The molecule has 1 N–H and O–H groups in total. The van der Waals surface area contributed by atoms with Gasteiger partial charge in [0.05, 0.1) is 18.8 Å². The van der Waals surface area contributed by atoms with Gasteiger partial charge in [-0.25, -0.2) is 0 Å². The van der Waals surface area contributed by atoms with Gasteiger partial charge in [0.2, 0.25) is 5.91 Å². The molecule has 2 aliphatic heterocycles. The van der Waals surface area contributed by atoms with Crippen LogP contribution in [0.15, 0.2) is 24.3 Å². The molecule has 0 radical (unpaired) electrons. The van der Waals surface area contributed by atoms with Gasteiger partial charge in [-0.2, -0.15) is 0 Å². The van der Waals surface area contributed by atoms with Crippen LogP contribution >= 0.6 is 0 Å². The Morgan fingerprint density at radius 2 is 2.04 bits per heavy atom. The average Bonchev–Trinajstić information content (AvgIpc) is 2.63. The summed E-state index contributed by atoms with van der Waals surface area (Å²) in [6.07, 6.45) is 3.20. The number of nitrogens with one attached hydrogen (secondary N) is 1. The molecule has 132 valence electrons. The Hall–Kier alpha value is -1.59. The Bertz CT molecular complexity index is 563. The Morgan fingerprint density at radius 3 is 2.75 bits per heavy atom. The number of nitrogens with zero attached hydrogens (tertiary/aromatic N) is 2. The minimum atomic E-state index is -0.416. The van der Waals surface area contributed by atoms with Crippen LogP contribution in [0.2, 0.25) is 0 Å². The largest absolute Gasteiger partial charge is 0.378 e.